The van der Waals surface area contributed by atoms with Gasteiger partial charge >= 0.3 is 6.09 Å². The highest BCUT2D eigenvalue weighted by Gasteiger charge is 2.33. The second-order valence-corrected chi connectivity index (χ2v) is 10.3. The quantitative estimate of drug-likeness (QED) is 0.227. The Kier molecular flexibility index (Phi) is 12.8. The molecule has 2 amide bonds. The van der Waals surface area contributed by atoms with Crippen molar-refractivity contribution in [1.29, 1.82) is 0 Å². The van der Waals surface area contributed by atoms with E-state index in [-0.39, 0.29) is 29.0 Å². The third-order valence-corrected chi connectivity index (χ3v) is 7.31. The molecular formula is C30H44N2O9. The predicted molar refractivity (Wildman–Crippen MR) is 155 cm³/mol. The molecule has 7 atom stereocenters. The van der Waals surface area contributed by atoms with Crippen LogP contribution in [0, 0.1) is 11.8 Å². The molecule has 0 aliphatic carbocycles. The smallest absolute Gasteiger partial charge is 0.405 e. The minimum Gasteiger partial charge on any atom is -0.508 e. The number of benzene rings is 1. The lowest BCUT2D eigenvalue weighted by Gasteiger charge is -2.33. The first-order valence-corrected chi connectivity index (χ1v) is 13.4. The topological polar surface area (TPSA) is 159 Å². The number of hydrogen-bond donors (Lipinski definition) is 4. The fraction of sp³-hybridized carbons (Fsp3) is 0.533. The van der Waals surface area contributed by atoms with Crippen molar-refractivity contribution in [2.75, 3.05) is 33.8 Å². The van der Waals surface area contributed by atoms with Gasteiger partial charge in [0.1, 0.15) is 17.6 Å². The summed E-state index contributed by atoms with van der Waals surface area (Å²) < 4.78 is 28.6. The number of nitrogens with two attached hydrogens (primary N) is 1. The molecule has 0 radical (unpaired) electrons. The summed E-state index contributed by atoms with van der Waals surface area (Å²) in [5.74, 6) is -1.30. The van der Waals surface area contributed by atoms with E-state index in [9.17, 15) is 19.8 Å². The summed E-state index contributed by atoms with van der Waals surface area (Å²) in [7, 11) is 6.15. The molecule has 1 aliphatic rings. The molecule has 0 aromatic heterocycles. The van der Waals surface area contributed by atoms with Crippen molar-refractivity contribution in [1.82, 2.24) is 0 Å². The van der Waals surface area contributed by atoms with Crippen LogP contribution in [0.4, 0.5) is 10.5 Å². The molecule has 0 spiro atoms. The Hall–Kier alpha value is -3.38. The third kappa shape index (κ3) is 8.80. The highest BCUT2D eigenvalue weighted by Crippen LogP contribution is 2.41. The van der Waals surface area contributed by atoms with Crippen molar-refractivity contribution >= 4 is 17.7 Å². The minimum absolute atomic E-state index is 0.0325. The first-order chi connectivity index (χ1) is 19.4. The molecule has 11 nitrogen and oxygen atoms in total. The van der Waals surface area contributed by atoms with Crippen LogP contribution in [0.5, 0.6) is 11.5 Å². The van der Waals surface area contributed by atoms with Crippen LogP contribution in [0.25, 0.3) is 0 Å². The Balaban J connectivity index is 2.71. The number of fused-ring (bicyclic) bond motifs is 2. The second kappa shape index (κ2) is 15.6. The largest absolute Gasteiger partial charge is 0.508 e. The van der Waals surface area contributed by atoms with Gasteiger partial charge in [-0.3, -0.25) is 4.79 Å². The van der Waals surface area contributed by atoms with Gasteiger partial charge in [0.25, 0.3) is 5.91 Å². The lowest BCUT2D eigenvalue weighted by atomic mass is 9.86. The van der Waals surface area contributed by atoms with Gasteiger partial charge in [0.15, 0.2) is 6.10 Å². The maximum atomic E-state index is 12.9. The standard InChI is InChI=1S/C30H44N2O9/c1-16-10-9-11-23(37-5)28(41-30(31)36)18(3)12-17(2)27(40-8)24(38-6)13-19(4)26(39-7)21-14-20(33)15-22(25(21)34)32-29(16)35/h9-12,14-15,17,19,23-24,26-28,33-34H,13H2,1-8H3,(H2,31,36)(H,32,35)/b11-9+,16-10-,18-12+/t17-,19-,23+,24-,26-,27-,28+/m1/s1. The summed E-state index contributed by atoms with van der Waals surface area (Å²) in [4.78, 5) is 24.7. The van der Waals surface area contributed by atoms with Crippen molar-refractivity contribution in [3.05, 3.63) is 53.1 Å². The number of nitrogens with one attached hydrogen (secondary N) is 1. The van der Waals surface area contributed by atoms with Gasteiger partial charge in [-0.25, -0.2) is 4.79 Å². The van der Waals surface area contributed by atoms with E-state index in [2.05, 4.69) is 5.32 Å². The number of rotatable bonds is 5. The predicted octanol–water partition coefficient (Wildman–Crippen LogP) is 4.36. The van der Waals surface area contributed by atoms with E-state index in [4.69, 9.17) is 29.4 Å². The van der Waals surface area contributed by atoms with Crippen LogP contribution >= 0.6 is 0 Å². The molecule has 228 valence electrons. The molecule has 2 rings (SSSR count). The third-order valence-electron chi connectivity index (χ3n) is 7.31. The molecule has 1 aliphatic heterocycles. The van der Waals surface area contributed by atoms with Crippen molar-refractivity contribution in [3.63, 3.8) is 0 Å². The van der Waals surface area contributed by atoms with E-state index in [0.717, 1.165) is 0 Å². The number of hydrogen-bond acceptors (Lipinski definition) is 9. The maximum absolute atomic E-state index is 12.9. The zero-order valence-corrected chi connectivity index (χ0v) is 25.0. The fourth-order valence-corrected chi connectivity index (χ4v) is 5.24. The van der Waals surface area contributed by atoms with Crippen molar-refractivity contribution in [3.8, 4) is 11.5 Å². The molecule has 2 bridgehead atoms. The van der Waals surface area contributed by atoms with E-state index in [1.165, 1.54) is 26.4 Å². The highest BCUT2D eigenvalue weighted by atomic mass is 16.6. The number of methoxy groups -OCH3 is 4. The van der Waals surface area contributed by atoms with E-state index < -0.39 is 42.5 Å². The molecule has 0 unspecified atom stereocenters. The second-order valence-electron chi connectivity index (χ2n) is 10.3. The molecular weight excluding hydrogens is 532 g/mol. The van der Waals surface area contributed by atoms with Crippen LogP contribution in [0.2, 0.25) is 0 Å². The first kappa shape index (κ1) is 33.8. The molecule has 11 heteroatoms. The first-order valence-electron chi connectivity index (χ1n) is 13.4. The average Bonchev–Trinajstić information content (AvgIpc) is 2.91. The highest BCUT2D eigenvalue weighted by molar-refractivity contribution is 6.04. The lowest BCUT2D eigenvalue weighted by Crippen LogP contribution is -2.38. The Morgan fingerprint density at radius 2 is 1.68 bits per heavy atom. The van der Waals surface area contributed by atoms with E-state index in [1.807, 2.05) is 19.9 Å². The van der Waals surface area contributed by atoms with Gasteiger partial charge in [-0.15, -0.1) is 0 Å². The summed E-state index contributed by atoms with van der Waals surface area (Å²) in [6.45, 7) is 7.29. The number of aromatic hydroxyl groups is 2. The average molecular weight is 577 g/mol. The van der Waals surface area contributed by atoms with Crippen LogP contribution in [0.15, 0.2) is 47.6 Å². The summed E-state index contributed by atoms with van der Waals surface area (Å²) in [5.41, 5.74) is 6.71. The molecule has 41 heavy (non-hydrogen) atoms. The number of primary amides is 1. The number of ether oxygens (including phenoxy) is 5. The Labute approximate surface area is 241 Å². The fourth-order valence-electron chi connectivity index (χ4n) is 5.24. The zero-order chi connectivity index (χ0) is 30.9. The Morgan fingerprint density at radius 3 is 2.24 bits per heavy atom. The molecule has 5 N–H and O–H groups in total. The van der Waals surface area contributed by atoms with Crippen molar-refractivity contribution < 1.29 is 43.5 Å². The van der Waals surface area contributed by atoms with E-state index in [1.54, 1.807) is 46.3 Å². The van der Waals surface area contributed by atoms with Crippen LogP contribution in [-0.4, -0.2) is 75.1 Å². The molecule has 0 fully saturated rings. The summed E-state index contributed by atoms with van der Waals surface area (Å²) in [6.07, 6.45) is 3.14. The Bertz CT molecular complexity index is 1150. The van der Waals surface area contributed by atoms with Crippen molar-refractivity contribution in [2.45, 2.75) is 64.6 Å². The summed E-state index contributed by atoms with van der Waals surface area (Å²) >= 11 is 0. The molecule has 1 heterocycles. The van der Waals surface area contributed by atoms with Gasteiger partial charge in [0.05, 0.1) is 24.0 Å². The molecule has 0 saturated heterocycles. The number of phenolic OH excluding ortho intramolecular Hbond substituents is 2. The number of amides is 2. The molecule has 1 aromatic rings. The number of phenols is 2. The minimum atomic E-state index is -0.961. The number of anilines is 1. The van der Waals surface area contributed by atoms with Crippen LogP contribution < -0.4 is 11.1 Å². The number of allylic oxidation sites excluding steroid dienone is 2. The van der Waals surface area contributed by atoms with Gasteiger partial charge in [-0.05, 0) is 37.8 Å². The van der Waals surface area contributed by atoms with Gasteiger partial charge in [0.2, 0.25) is 0 Å². The van der Waals surface area contributed by atoms with Crippen LogP contribution in [0.3, 0.4) is 0 Å². The van der Waals surface area contributed by atoms with E-state index >= 15 is 0 Å². The molecule has 1 aromatic carbocycles. The monoisotopic (exact) mass is 576 g/mol. The molecule has 0 saturated carbocycles. The summed E-state index contributed by atoms with van der Waals surface area (Å²) in [5, 5.41) is 24.2. The Morgan fingerprint density at radius 1 is 1.00 bits per heavy atom. The van der Waals surface area contributed by atoms with E-state index in [0.29, 0.717) is 23.1 Å². The van der Waals surface area contributed by atoms with Gasteiger partial charge in [-0.2, -0.15) is 0 Å². The van der Waals surface area contributed by atoms with Crippen LogP contribution in [0.1, 0.15) is 45.8 Å². The van der Waals surface area contributed by atoms with Crippen LogP contribution in [-0.2, 0) is 28.5 Å². The summed E-state index contributed by atoms with van der Waals surface area (Å²) in [6, 6.07) is 2.68. The van der Waals surface area contributed by atoms with Gasteiger partial charge < -0.3 is 44.9 Å². The maximum Gasteiger partial charge on any atom is 0.405 e. The van der Waals surface area contributed by atoms with Crippen molar-refractivity contribution in [2.24, 2.45) is 17.6 Å². The normalized spacial score (nSPS) is 31.7. The number of carbonyl (C=O) groups is 2. The van der Waals surface area contributed by atoms with Gasteiger partial charge in [0, 0.05) is 51.6 Å². The zero-order valence-electron chi connectivity index (χ0n) is 25.0. The lowest BCUT2D eigenvalue weighted by molar-refractivity contribution is -0.112. The SMILES string of the molecule is CO[C@@H]1[C@H](C)/C=C(\C)[C@H](OC(N)=O)[C@@H](OC)/C=C/C=C(/C)C(=O)Nc2cc(O)cc(c2O)[C@H](OC)[C@H](C)C[C@H]1OC. The number of carbonyl (C=O) groups excluding carboxylic acids is 2. The van der Waals surface area contributed by atoms with Gasteiger partial charge in [-0.1, -0.05) is 38.2 Å².